The highest BCUT2D eigenvalue weighted by molar-refractivity contribution is 6.04. The van der Waals surface area contributed by atoms with E-state index in [2.05, 4.69) is 22.5 Å². The van der Waals surface area contributed by atoms with Crippen molar-refractivity contribution in [2.75, 3.05) is 4.90 Å². The van der Waals surface area contributed by atoms with E-state index in [0.717, 1.165) is 28.8 Å². The Morgan fingerprint density at radius 2 is 2.17 bits per heavy atom. The summed E-state index contributed by atoms with van der Waals surface area (Å²) < 4.78 is 2.11. The molecule has 0 spiro atoms. The van der Waals surface area contributed by atoms with E-state index in [0.29, 0.717) is 6.42 Å². The zero-order valence-electron chi connectivity index (χ0n) is 11.0. The van der Waals surface area contributed by atoms with Gasteiger partial charge in [-0.05, 0) is 38.5 Å². The average molecular weight is 243 g/mol. The molecule has 0 N–H and O–H groups in total. The number of carbonyl (C=O) groups excluding carboxylic acids is 1. The van der Waals surface area contributed by atoms with Crippen LogP contribution in [-0.2, 0) is 17.8 Å². The second-order valence-electron chi connectivity index (χ2n) is 5.03. The van der Waals surface area contributed by atoms with Gasteiger partial charge in [0.15, 0.2) is 0 Å². The summed E-state index contributed by atoms with van der Waals surface area (Å²) in [6, 6.07) is 4.35. The van der Waals surface area contributed by atoms with Crippen molar-refractivity contribution in [2.24, 2.45) is 0 Å². The van der Waals surface area contributed by atoms with Crippen LogP contribution < -0.4 is 4.90 Å². The Bertz CT molecular complexity index is 627. The molecule has 1 aromatic carbocycles. The van der Waals surface area contributed by atoms with Gasteiger partial charge in [0, 0.05) is 18.3 Å². The van der Waals surface area contributed by atoms with Gasteiger partial charge in [-0.25, -0.2) is 4.98 Å². The third kappa shape index (κ3) is 1.45. The zero-order chi connectivity index (χ0) is 12.9. The molecule has 2 heterocycles. The molecule has 0 saturated heterocycles. The van der Waals surface area contributed by atoms with Crippen LogP contribution in [0, 0.1) is 0 Å². The number of hydrogen-bond donors (Lipinski definition) is 0. The summed E-state index contributed by atoms with van der Waals surface area (Å²) in [7, 11) is 0. The first-order chi connectivity index (χ1) is 8.61. The fourth-order valence-corrected chi connectivity index (χ4v) is 2.70. The number of benzene rings is 1. The molecule has 1 amide bonds. The molecule has 4 heteroatoms. The Morgan fingerprint density at radius 3 is 2.83 bits per heavy atom. The molecular formula is C14H17N3O. The predicted octanol–water partition coefficient (Wildman–Crippen LogP) is 2.35. The third-order valence-corrected chi connectivity index (χ3v) is 3.55. The van der Waals surface area contributed by atoms with Gasteiger partial charge in [0.25, 0.3) is 0 Å². The van der Waals surface area contributed by atoms with Gasteiger partial charge >= 0.3 is 0 Å². The molecule has 3 rings (SSSR count). The number of aryl methyl sites for hydroxylation is 1. The topological polar surface area (TPSA) is 38.1 Å². The van der Waals surface area contributed by atoms with Crippen LogP contribution in [0.1, 0.15) is 26.3 Å². The summed E-state index contributed by atoms with van der Waals surface area (Å²) in [4.78, 5) is 18.3. The number of rotatable bonds is 2. The third-order valence-electron chi connectivity index (χ3n) is 3.55. The van der Waals surface area contributed by atoms with E-state index in [1.165, 1.54) is 0 Å². The number of imidazole rings is 1. The first kappa shape index (κ1) is 11.3. The summed E-state index contributed by atoms with van der Waals surface area (Å²) in [6.45, 7) is 7.08. The number of aromatic nitrogens is 2. The maximum atomic E-state index is 12.0. The fraction of sp³-hybridized carbons (Fsp3) is 0.429. The molecular weight excluding hydrogens is 226 g/mol. The van der Waals surface area contributed by atoms with E-state index in [4.69, 9.17) is 0 Å². The van der Waals surface area contributed by atoms with Crippen LogP contribution in [0.3, 0.4) is 0 Å². The number of fused-ring (bicyclic) bond motifs is 2. The highest BCUT2D eigenvalue weighted by atomic mass is 16.2. The highest BCUT2D eigenvalue weighted by Crippen LogP contribution is 2.33. The molecule has 0 unspecified atom stereocenters. The zero-order valence-corrected chi connectivity index (χ0v) is 11.0. The van der Waals surface area contributed by atoms with Gasteiger partial charge in [0.2, 0.25) is 5.91 Å². The average Bonchev–Trinajstić information content (AvgIpc) is 2.84. The second-order valence-corrected chi connectivity index (χ2v) is 5.03. The Labute approximate surface area is 106 Å². The maximum Gasteiger partial charge on any atom is 0.231 e. The van der Waals surface area contributed by atoms with Crippen molar-refractivity contribution in [3.05, 3.63) is 24.0 Å². The standard InChI is InChI=1S/C14H17N3O/c1-4-16-8-15-11-7-12-10(5-13(11)16)6-14(18)17(12)9(2)3/h5,7-9H,4,6H2,1-3H3. The van der Waals surface area contributed by atoms with Crippen molar-refractivity contribution in [1.82, 2.24) is 9.55 Å². The Morgan fingerprint density at radius 1 is 1.39 bits per heavy atom. The Kier molecular flexibility index (Phi) is 2.40. The van der Waals surface area contributed by atoms with Gasteiger partial charge in [-0.3, -0.25) is 4.79 Å². The normalized spacial score (nSPS) is 14.9. The number of nitrogens with zero attached hydrogens (tertiary/aromatic N) is 3. The molecule has 0 atom stereocenters. The van der Waals surface area contributed by atoms with E-state index in [9.17, 15) is 4.79 Å². The monoisotopic (exact) mass is 243 g/mol. The van der Waals surface area contributed by atoms with Crippen molar-refractivity contribution in [3.8, 4) is 0 Å². The lowest BCUT2D eigenvalue weighted by Crippen LogP contribution is -2.33. The van der Waals surface area contributed by atoms with Crippen LogP contribution in [0.5, 0.6) is 0 Å². The molecule has 1 aromatic heterocycles. The largest absolute Gasteiger partial charge is 0.331 e. The molecule has 94 valence electrons. The van der Waals surface area contributed by atoms with Gasteiger partial charge in [-0.1, -0.05) is 0 Å². The minimum absolute atomic E-state index is 0.190. The Hall–Kier alpha value is -1.84. The molecule has 4 nitrogen and oxygen atoms in total. The van der Waals surface area contributed by atoms with Gasteiger partial charge in [0.1, 0.15) is 0 Å². The molecule has 0 aliphatic carbocycles. The van der Waals surface area contributed by atoms with Gasteiger partial charge < -0.3 is 9.47 Å². The molecule has 1 aliphatic heterocycles. The minimum atomic E-state index is 0.190. The van der Waals surface area contributed by atoms with Gasteiger partial charge in [-0.15, -0.1) is 0 Å². The molecule has 18 heavy (non-hydrogen) atoms. The Balaban J connectivity index is 2.20. The predicted molar refractivity (Wildman–Crippen MR) is 71.7 cm³/mol. The smallest absolute Gasteiger partial charge is 0.231 e. The second kappa shape index (κ2) is 3.83. The van der Waals surface area contributed by atoms with Crippen LogP contribution in [-0.4, -0.2) is 21.5 Å². The van der Waals surface area contributed by atoms with Crippen LogP contribution in [0.15, 0.2) is 18.5 Å². The van der Waals surface area contributed by atoms with E-state index in [1.807, 2.05) is 31.1 Å². The highest BCUT2D eigenvalue weighted by Gasteiger charge is 2.30. The summed E-state index contributed by atoms with van der Waals surface area (Å²) >= 11 is 0. The van der Waals surface area contributed by atoms with E-state index < -0.39 is 0 Å². The minimum Gasteiger partial charge on any atom is -0.331 e. The van der Waals surface area contributed by atoms with Crippen molar-refractivity contribution in [1.29, 1.82) is 0 Å². The summed E-state index contributed by atoms with van der Waals surface area (Å²) in [5.74, 6) is 0.190. The molecule has 1 aliphatic rings. The van der Waals surface area contributed by atoms with Crippen molar-refractivity contribution in [3.63, 3.8) is 0 Å². The van der Waals surface area contributed by atoms with E-state index >= 15 is 0 Å². The number of hydrogen-bond acceptors (Lipinski definition) is 2. The fourth-order valence-electron chi connectivity index (χ4n) is 2.70. The molecule has 0 radical (unpaired) electrons. The summed E-state index contributed by atoms with van der Waals surface area (Å²) in [5, 5.41) is 0. The van der Waals surface area contributed by atoms with Crippen LogP contribution in [0.4, 0.5) is 5.69 Å². The van der Waals surface area contributed by atoms with Crippen molar-refractivity contribution < 1.29 is 4.79 Å². The molecule has 2 aromatic rings. The maximum absolute atomic E-state index is 12.0. The van der Waals surface area contributed by atoms with Crippen molar-refractivity contribution in [2.45, 2.75) is 39.8 Å². The SMILES string of the molecule is CCn1cnc2cc3c(cc21)CC(=O)N3C(C)C. The quantitative estimate of drug-likeness (QED) is 0.812. The van der Waals surface area contributed by atoms with Crippen molar-refractivity contribution >= 4 is 22.6 Å². The lowest BCUT2D eigenvalue weighted by molar-refractivity contribution is -0.117. The molecule has 0 saturated carbocycles. The first-order valence-corrected chi connectivity index (χ1v) is 6.41. The van der Waals surface area contributed by atoms with E-state index in [-0.39, 0.29) is 11.9 Å². The van der Waals surface area contributed by atoms with E-state index in [1.54, 1.807) is 0 Å². The van der Waals surface area contributed by atoms with Gasteiger partial charge in [0.05, 0.1) is 23.8 Å². The molecule has 0 fully saturated rings. The summed E-state index contributed by atoms with van der Waals surface area (Å²) in [5.41, 5.74) is 4.24. The summed E-state index contributed by atoms with van der Waals surface area (Å²) in [6.07, 6.45) is 2.37. The van der Waals surface area contributed by atoms with Crippen LogP contribution in [0.25, 0.3) is 11.0 Å². The van der Waals surface area contributed by atoms with Crippen LogP contribution >= 0.6 is 0 Å². The lowest BCUT2D eigenvalue weighted by atomic mass is 10.1. The number of amides is 1. The van der Waals surface area contributed by atoms with Crippen LogP contribution in [0.2, 0.25) is 0 Å². The molecule has 0 bridgehead atoms. The lowest BCUT2D eigenvalue weighted by Gasteiger charge is -2.21. The number of carbonyl (C=O) groups is 1. The number of anilines is 1. The van der Waals surface area contributed by atoms with Gasteiger partial charge in [-0.2, -0.15) is 0 Å². The first-order valence-electron chi connectivity index (χ1n) is 6.41.